The number of nitrogens with two attached hydrogens (primary N) is 1. The van der Waals surface area contributed by atoms with E-state index in [2.05, 4.69) is 0 Å². The predicted molar refractivity (Wildman–Crippen MR) is 71.2 cm³/mol. The monoisotopic (exact) mass is 228 g/mol. The lowest BCUT2D eigenvalue weighted by molar-refractivity contribution is 0.0959. The summed E-state index contributed by atoms with van der Waals surface area (Å²) in [5, 5.41) is 2.00. The van der Waals surface area contributed by atoms with Crippen molar-refractivity contribution >= 4 is 22.2 Å². The van der Waals surface area contributed by atoms with Crippen LogP contribution in [-0.4, -0.2) is 31.3 Å². The number of likely N-dealkylation sites (N-methyl/N-ethyl adjacent to an activating group) is 1. The molecule has 2 N–H and O–H groups in total. The number of Topliss-reactive ketones (excluding diaryl/α,β-unsaturated/α-hetero) is 1. The van der Waals surface area contributed by atoms with Crippen LogP contribution in [0.3, 0.4) is 0 Å². The summed E-state index contributed by atoms with van der Waals surface area (Å²) >= 11 is 0. The highest BCUT2D eigenvalue weighted by molar-refractivity contribution is 6.09. The van der Waals surface area contributed by atoms with Crippen LogP contribution in [0, 0.1) is 0 Å². The van der Waals surface area contributed by atoms with Crippen LogP contribution in [0.5, 0.6) is 0 Å². The lowest BCUT2D eigenvalue weighted by Gasteiger charge is -2.11. The molecule has 0 aliphatic carbocycles. The first-order chi connectivity index (χ1) is 8.09. The number of fused-ring (bicyclic) bond motifs is 1. The van der Waals surface area contributed by atoms with E-state index in [4.69, 9.17) is 5.73 Å². The van der Waals surface area contributed by atoms with Gasteiger partial charge in [0.15, 0.2) is 5.78 Å². The van der Waals surface area contributed by atoms with Crippen LogP contribution >= 0.6 is 0 Å². The van der Waals surface area contributed by atoms with Gasteiger partial charge < -0.3 is 10.6 Å². The predicted octanol–water partition coefficient (Wildman–Crippen LogP) is 2.17. The van der Waals surface area contributed by atoms with Crippen LogP contribution in [0.25, 0.3) is 10.8 Å². The average molecular weight is 228 g/mol. The van der Waals surface area contributed by atoms with Gasteiger partial charge in [0.05, 0.1) is 12.2 Å². The summed E-state index contributed by atoms with van der Waals surface area (Å²) < 4.78 is 0. The van der Waals surface area contributed by atoms with E-state index in [9.17, 15) is 4.79 Å². The summed E-state index contributed by atoms with van der Waals surface area (Å²) in [6.07, 6.45) is 0. The minimum atomic E-state index is 0.0539. The van der Waals surface area contributed by atoms with Crippen LogP contribution in [0.2, 0.25) is 0 Å². The molecule has 88 valence electrons. The fourth-order valence-electron chi connectivity index (χ4n) is 1.91. The van der Waals surface area contributed by atoms with Crippen LogP contribution in [0.1, 0.15) is 10.4 Å². The smallest absolute Gasteiger partial charge is 0.178 e. The van der Waals surface area contributed by atoms with Crippen molar-refractivity contribution in [2.24, 2.45) is 0 Å². The minimum Gasteiger partial charge on any atom is -0.398 e. The second-order valence-electron chi connectivity index (χ2n) is 4.41. The quantitative estimate of drug-likeness (QED) is 0.647. The Balaban J connectivity index is 2.49. The van der Waals surface area contributed by atoms with Gasteiger partial charge in [0.1, 0.15) is 0 Å². The molecule has 2 aromatic carbocycles. The number of carbonyl (C=O) groups is 1. The van der Waals surface area contributed by atoms with Gasteiger partial charge in [0.25, 0.3) is 0 Å². The summed E-state index contributed by atoms with van der Waals surface area (Å²) in [5.74, 6) is 0.0539. The Labute approximate surface area is 101 Å². The number of nitrogen functional groups attached to an aromatic ring is 1. The van der Waals surface area contributed by atoms with E-state index in [1.807, 2.05) is 55.4 Å². The van der Waals surface area contributed by atoms with Crippen molar-refractivity contribution in [1.82, 2.24) is 4.90 Å². The number of ketones is 1. The molecule has 0 saturated carbocycles. The number of hydrogen-bond acceptors (Lipinski definition) is 3. The van der Waals surface area contributed by atoms with Crippen molar-refractivity contribution in [3.63, 3.8) is 0 Å². The molecule has 0 fully saturated rings. The maximum Gasteiger partial charge on any atom is 0.178 e. The Morgan fingerprint density at radius 3 is 2.59 bits per heavy atom. The van der Waals surface area contributed by atoms with Crippen LogP contribution < -0.4 is 5.73 Å². The van der Waals surface area contributed by atoms with Gasteiger partial charge in [-0.3, -0.25) is 4.79 Å². The van der Waals surface area contributed by atoms with Gasteiger partial charge in [-0.15, -0.1) is 0 Å². The normalized spacial score (nSPS) is 11.0. The van der Waals surface area contributed by atoms with Crippen molar-refractivity contribution < 1.29 is 4.79 Å². The van der Waals surface area contributed by atoms with Crippen molar-refractivity contribution in [2.45, 2.75) is 0 Å². The summed E-state index contributed by atoms with van der Waals surface area (Å²) in [7, 11) is 3.74. The lowest BCUT2D eigenvalue weighted by Crippen LogP contribution is -2.22. The number of hydrogen-bond donors (Lipinski definition) is 1. The zero-order valence-corrected chi connectivity index (χ0v) is 10.1. The van der Waals surface area contributed by atoms with Crippen LogP contribution in [0.15, 0.2) is 36.4 Å². The highest BCUT2D eigenvalue weighted by atomic mass is 16.1. The molecular formula is C14H16N2O. The number of anilines is 1. The highest BCUT2D eigenvalue weighted by Gasteiger charge is 2.12. The maximum absolute atomic E-state index is 12.0. The Hall–Kier alpha value is -1.87. The molecule has 0 saturated heterocycles. The first kappa shape index (κ1) is 11.6. The summed E-state index contributed by atoms with van der Waals surface area (Å²) in [6, 6.07) is 11.6. The fraction of sp³-hybridized carbons (Fsp3) is 0.214. The standard InChI is InChI=1S/C14H16N2O/c1-16(2)9-13(17)12-8-7-10-5-3-4-6-11(10)14(12)15/h3-8H,9,15H2,1-2H3. The number of rotatable bonds is 3. The van der Waals surface area contributed by atoms with Crippen molar-refractivity contribution in [2.75, 3.05) is 26.4 Å². The molecule has 0 heterocycles. The van der Waals surface area contributed by atoms with Gasteiger partial charge in [-0.25, -0.2) is 0 Å². The molecule has 0 amide bonds. The van der Waals surface area contributed by atoms with Gasteiger partial charge in [-0.1, -0.05) is 30.3 Å². The molecule has 3 heteroatoms. The van der Waals surface area contributed by atoms with Gasteiger partial charge in [0.2, 0.25) is 0 Å². The topological polar surface area (TPSA) is 46.3 Å². The third-order valence-electron chi connectivity index (χ3n) is 2.73. The Morgan fingerprint density at radius 2 is 1.88 bits per heavy atom. The Bertz CT molecular complexity index is 561. The second kappa shape index (κ2) is 4.55. The summed E-state index contributed by atoms with van der Waals surface area (Å²) in [5.41, 5.74) is 7.24. The fourth-order valence-corrected chi connectivity index (χ4v) is 1.91. The highest BCUT2D eigenvalue weighted by Crippen LogP contribution is 2.25. The van der Waals surface area contributed by atoms with E-state index in [0.717, 1.165) is 10.8 Å². The molecular weight excluding hydrogens is 212 g/mol. The van der Waals surface area contributed by atoms with E-state index in [0.29, 0.717) is 17.8 Å². The van der Waals surface area contributed by atoms with Crippen LogP contribution in [-0.2, 0) is 0 Å². The van der Waals surface area contributed by atoms with Gasteiger partial charge in [0, 0.05) is 10.9 Å². The van der Waals surface area contributed by atoms with E-state index in [1.165, 1.54) is 0 Å². The zero-order chi connectivity index (χ0) is 12.4. The third kappa shape index (κ3) is 2.29. The third-order valence-corrected chi connectivity index (χ3v) is 2.73. The van der Waals surface area contributed by atoms with Gasteiger partial charge >= 0.3 is 0 Å². The molecule has 17 heavy (non-hydrogen) atoms. The summed E-state index contributed by atoms with van der Waals surface area (Å²) in [4.78, 5) is 13.8. The van der Waals surface area contributed by atoms with Crippen molar-refractivity contribution in [3.8, 4) is 0 Å². The lowest BCUT2D eigenvalue weighted by atomic mass is 10.0. The molecule has 0 spiro atoms. The molecule has 0 aliphatic heterocycles. The average Bonchev–Trinajstić information content (AvgIpc) is 2.28. The first-order valence-electron chi connectivity index (χ1n) is 5.55. The Morgan fingerprint density at radius 1 is 1.18 bits per heavy atom. The minimum absolute atomic E-state index is 0.0539. The first-order valence-corrected chi connectivity index (χ1v) is 5.55. The molecule has 0 aromatic heterocycles. The van der Waals surface area contributed by atoms with E-state index < -0.39 is 0 Å². The zero-order valence-electron chi connectivity index (χ0n) is 10.1. The van der Waals surface area contributed by atoms with E-state index >= 15 is 0 Å². The SMILES string of the molecule is CN(C)CC(=O)c1ccc2ccccc2c1N. The molecule has 2 rings (SSSR count). The van der Waals surface area contributed by atoms with Crippen molar-refractivity contribution in [1.29, 1.82) is 0 Å². The van der Waals surface area contributed by atoms with E-state index in [1.54, 1.807) is 0 Å². The number of benzene rings is 2. The molecule has 0 unspecified atom stereocenters. The number of carbonyl (C=O) groups excluding carboxylic acids is 1. The van der Waals surface area contributed by atoms with Crippen molar-refractivity contribution in [3.05, 3.63) is 42.0 Å². The second-order valence-corrected chi connectivity index (χ2v) is 4.41. The molecule has 3 nitrogen and oxygen atoms in total. The van der Waals surface area contributed by atoms with Gasteiger partial charge in [-0.2, -0.15) is 0 Å². The van der Waals surface area contributed by atoms with Gasteiger partial charge in [-0.05, 0) is 25.5 Å². The molecule has 2 aromatic rings. The maximum atomic E-state index is 12.0. The Kier molecular flexibility index (Phi) is 3.11. The van der Waals surface area contributed by atoms with Crippen LogP contribution in [0.4, 0.5) is 5.69 Å². The number of nitrogens with zero attached hydrogens (tertiary/aromatic N) is 1. The molecule has 0 bridgehead atoms. The van der Waals surface area contributed by atoms with E-state index in [-0.39, 0.29) is 5.78 Å². The molecule has 0 aliphatic rings. The summed E-state index contributed by atoms with van der Waals surface area (Å²) in [6.45, 7) is 0.378. The molecule has 0 atom stereocenters. The molecule has 0 radical (unpaired) electrons. The largest absolute Gasteiger partial charge is 0.398 e.